The number of hydrogen-bond acceptors (Lipinski definition) is 5. The van der Waals surface area contributed by atoms with Gasteiger partial charge in [0.1, 0.15) is 22.9 Å². The van der Waals surface area contributed by atoms with Crippen molar-refractivity contribution < 1.29 is 29.0 Å². The fourth-order valence-corrected chi connectivity index (χ4v) is 2.29. The lowest BCUT2D eigenvalue weighted by Gasteiger charge is -2.32. The number of ether oxygens (including phenoxy) is 2. The van der Waals surface area contributed by atoms with Crippen LogP contribution in [0.5, 0.6) is 0 Å². The van der Waals surface area contributed by atoms with Gasteiger partial charge < -0.3 is 14.6 Å². The molecule has 1 saturated carbocycles. The third-order valence-corrected chi connectivity index (χ3v) is 3.78. The molecule has 19 heavy (non-hydrogen) atoms. The van der Waals surface area contributed by atoms with Gasteiger partial charge in [-0.3, -0.25) is 14.4 Å². The first-order chi connectivity index (χ1) is 8.97. The second-order valence-corrected chi connectivity index (χ2v) is 5.29. The first-order valence-corrected chi connectivity index (χ1v) is 7.96. The highest BCUT2D eigenvalue weighted by Crippen LogP contribution is 2.29. The molecule has 108 valence electrons. The zero-order chi connectivity index (χ0) is 14.4. The van der Waals surface area contributed by atoms with E-state index in [0.29, 0.717) is 12.8 Å². The fourth-order valence-electron chi connectivity index (χ4n) is 2.03. The zero-order valence-electron chi connectivity index (χ0n) is 10.0. The largest absolute Gasteiger partial charge is 0.481 e. The number of carboxylic acids is 1. The van der Waals surface area contributed by atoms with E-state index in [9.17, 15) is 14.4 Å². The van der Waals surface area contributed by atoms with E-state index in [1.807, 2.05) is 0 Å². The second-order valence-electron chi connectivity index (χ2n) is 4.17. The number of carbonyl (C=O) groups is 3. The van der Waals surface area contributed by atoms with E-state index in [2.05, 4.69) is 31.9 Å². The summed E-state index contributed by atoms with van der Waals surface area (Å²) < 4.78 is 10.2. The number of hydrogen-bond donors (Lipinski definition) is 1. The zero-order valence-corrected chi connectivity index (χ0v) is 13.2. The van der Waals surface area contributed by atoms with Gasteiger partial charge in [-0.15, -0.1) is 0 Å². The molecule has 0 aromatic rings. The highest BCUT2D eigenvalue weighted by molar-refractivity contribution is 9.09. The Labute approximate surface area is 127 Å². The van der Waals surface area contributed by atoms with Crippen LogP contribution in [-0.2, 0) is 23.9 Å². The third kappa shape index (κ3) is 5.10. The van der Waals surface area contributed by atoms with Crippen LogP contribution in [0.15, 0.2) is 0 Å². The molecule has 1 N–H and O–H groups in total. The highest BCUT2D eigenvalue weighted by Gasteiger charge is 2.38. The number of carbonyl (C=O) groups excluding carboxylic acids is 2. The lowest BCUT2D eigenvalue weighted by atomic mass is 9.84. The molecule has 0 heterocycles. The van der Waals surface area contributed by atoms with Crippen LogP contribution in [0.4, 0.5) is 0 Å². The van der Waals surface area contributed by atoms with Crippen LogP contribution in [0.3, 0.4) is 0 Å². The topological polar surface area (TPSA) is 89.9 Å². The first-order valence-electron chi connectivity index (χ1n) is 5.71. The summed E-state index contributed by atoms with van der Waals surface area (Å²) in [6.45, 7) is 0. The highest BCUT2D eigenvalue weighted by atomic mass is 79.9. The number of esters is 2. The minimum absolute atomic E-state index is 0.00168. The Morgan fingerprint density at radius 1 is 1.05 bits per heavy atom. The Kier molecular flexibility index (Phi) is 6.78. The van der Waals surface area contributed by atoms with E-state index in [1.54, 1.807) is 0 Å². The molecule has 0 bridgehead atoms. The summed E-state index contributed by atoms with van der Waals surface area (Å²) in [5.41, 5.74) is 0. The lowest BCUT2D eigenvalue weighted by Crippen LogP contribution is -2.41. The molecule has 0 aromatic heterocycles. The molecule has 1 aliphatic rings. The van der Waals surface area contributed by atoms with Gasteiger partial charge in [-0.25, -0.2) is 0 Å². The molecule has 0 radical (unpaired) electrons. The molecule has 0 spiro atoms. The number of carboxylic acid groups (broad SMARTS) is 1. The van der Waals surface area contributed by atoms with E-state index < -0.39 is 36.0 Å². The summed E-state index contributed by atoms with van der Waals surface area (Å²) >= 11 is 5.93. The molecular formula is C11H14Br2O6. The second kappa shape index (κ2) is 7.84. The van der Waals surface area contributed by atoms with E-state index in [0.717, 1.165) is 0 Å². The Morgan fingerprint density at radius 2 is 1.63 bits per heavy atom. The molecule has 8 heteroatoms. The Balaban J connectivity index is 2.65. The standard InChI is InChI=1S/C11H14Br2O6/c12-4-9(14)18-6-1-2-7(11(16)17)8(3-6)19-10(15)5-13/h6-8H,1-5H2,(H,16,17). The van der Waals surface area contributed by atoms with Crippen molar-refractivity contribution in [1.82, 2.24) is 0 Å². The van der Waals surface area contributed by atoms with Gasteiger partial charge >= 0.3 is 17.9 Å². The molecule has 0 aromatic carbocycles. The summed E-state index contributed by atoms with van der Waals surface area (Å²) in [6, 6.07) is 0. The van der Waals surface area contributed by atoms with E-state index in [4.69, 9.17) is 14.6 Å². The minimum Gasteiger partial charge on any atom is -0.481 e. The quantitative estimate of drug-likeness (QED) is 0.554. The van der Waals surface area contributed by atoms with E-state index in [-0.39, 0.29) is 17.1 Å². The maximum Gasteiger partial charge on any atom is 0.316 e. The normalized spacial score (nSPS) is 26.5. The molecule has 1 fully saturated rings. The summed E-state index contributed by atoms with van der Waals surface area (Å²) in [4.78, 5) is 33.5. The average Bonchev–Trinajstić information content (AvgIpc) is 2.38. The van der Waals surface area contributed by atoms with Crippen molar-refractivity contribution in [3.05, 3.63) is 0 Å². The van der Waals surface area contributed by atoms with Gasteiger partial charge in [-0.2, -0.15) is 0 Å². The van der Waals surface area contributed by atoms with Crippen LogP contribution in [-0.4, -0.2) is 45.9 Å². The predicted octanol–water partition coefficient (Wildman–Crippen LogP) is 1.48. The number of alkyl halides is 2. The van der Waals surface area contributed by atoms with Crippen molar-refractivity contribution in [2.24, 2.45) is 5.92 Å². The third-order valence-electron chi connectivity index (χ3n) is 2.86. The van der Waals surface area contributed by atoms with Gasteiger partial charge in [0.2, 0.25) is 0 Å². The maximum atomic E-state index is 11.3. The minimum atomic E-state index is -1.00. The molecule has 0 saturated heterocycles. The van der Waals surface area contributed by atoms with Gasteiger partial charge in [0.25, 0.3) is 0 Å². The summed E-state index contributed by atoms with van der Waals surface area (Å²) in [5, 5.41) is 9.17. The van der Waals surface area contributed by atoms with Crippen LogP contribution in [0.2, 0.25) is 0 Å². The van der Waals surface area contributed by atoms with Crippen molar-refractivity contribution in [1.29, 1.82) is 0 Å². The first kappa shape index (κ1) is 16.4. The van der Waals surface area contributed by atoms with Crippen LogP contribution < -0.4 is 0 Å². The van der Waals surface area contributed by atoms with Crippen molar-refractivity contribution in [2.75, 3.05) is 10.7 Å². The number of aliphatic carboxylic acids is 1. The molecule has 1 rings (SSSR count). The van der Waals surface area contributed by atoms with Gasteiger partial charge in [-0.1, -0.05) is 31.9 Å². The van der Waals surface area contributed by atoms with Crippen LogP contribution >= 0.6 is 31.9 Å². The van der Waals surface area contributed by atoms with Crippen LogP contribution in [0.1, 0.15) is 19.3 Å². The van der Waals surface area contributed by atoms with Crippen LogP contribution in [0.25, 0.3) is 0 Å². The van der Waals surface area contributed by atoms with Crippen molar-refractivity contribution in [2.45, 2.75) is 31.5 Å². The van der Waals surface area contributed by atoms with E-state index >= 15 is 0 Å². The smallest absolute Gasteiger partial charge is 0.316 e. The Bertz CT molecular complexity index is 359. The predicted molar refractivity (Wildman–Crippen MR) is 72.3 cm³/mol. The fraction of sp³-hybridized carbons (Fsp3) is 0.727. The molecule has 3 unspecified atom stereocenters. The average molecular weight is 402 g/mol. The summed E-state index contributed by atoms with van der Waals surface area (Å²) in [6.07, 6.45) is -0.180. The molecule has 0 aliphatic heterocycles. The number of halogens is 2. The van der Waals surface area contributed by atoms with Gasteiger partial charge in [0, 0.05) is 6.42 Å². The maximum absolute atomic E-state index is 11.3. The van der Waals surface area contributed by atoms with Gasteiger partial charge in [0.15, 0.2) is 0 Å². The summed E-state index contributed by atoms with van der Waals surface area (Å²) in [5.74, 6) is -2.69. The SMILES string of the molecule is O=C(CBr)OC1CCC(C(=O)O)C(OC(=O)CBr)C1. The molecular weight excluding hydrogens is 388 g/mol. The van der Waals surface area contributed by atoms with E-state index in [1.165, 1.54) is 0 Å². The Hall–Kier alpha value is -0.630. The van der Waals surface area contributed by atoms with Crippen molar-refractivity contribution in [3.8, 4) is 0 Å². The van der Waals surface area contributed by atoms with Gasteiger partial charge in [0.05, 0.1) is 5.92 Å². The van der Waals surface area contributed by atoms with Crippen molar-refractivity contribution in [3.63, 3.8) is 0 Å². The monoisotopic (exact) mass is 400 g/mol. The van der Waals surface area contributed by atoms with Crippen LogP contribution in [0, 0.1) is 5.92 Å². The molecule has 6 nitrogen and oxygen atoms in total. The molecule has 0 amide bonds. The van der Waals surface area contributed by atoms with Gasteiger partial charge in [-0.05, 0) is 12.8 Å². The molecule has 1 aliphatic carbocycles. The summed E-state index contributed by atoms with van der Waals surface area (Å²) in [7, 11) is 0. The number of rotatable bonds is 5. The lowest BCUT2D eigenvalue weighted by molar-refractivity contribution is -0.166. The van der Waals surface area contributed by atoms with Crippen molar-refractivity contribution >= 4 is 49.8 Å². The Morgan fingerprint density at radius 3 is 2.16 bits per heavy atom. The molecule has 3 atom stereocenters.